The molecule has 2 heteroatoms. The van der Waals surface area contributed by atoms with E-state index in [4.69, 9.17) is 0 Å². The van der Waals surface area contributed by atoms with Gasteiger partial charge in [-0.15, -0.1) is 0 Å². The zero-order valence-electron chi connectivity index (χ0n) is 11.0. The number of imidazole rings is 1. The van der Waals surface area contributed by atoms with E-state index >= 15 is 0 Å². The van der Waals surface area contributed by atoms with E-state index in [0.29, 0.717) is 0 Å². The molecule has 0 N–H and O–H groups in total. The average molecular weight is 208 g/mol. The topological polar surface area (TPSA) is 17.8 Å². The normalized spacial score (nSPS) is 7.87. The van der Waals surface area contributed by atoms with Crippen LogP contribution in [0, 0.1) is 6.92 Å². The molecule has 0 amide bonds. The molecule has 86 valence electrons. The third kappa shape index (κ3) is 4.15. The molecule has 0 bridgehead atoms. The minimum Gasteiger partial charge on any atom is -0.331 e. The first-order chi connectivity index (χ1) is 7.20. The van der Waals surface area contributed by atoms with Crippen LogP contribution >= 0.6 is 0 Å². The maximum absolute atomic E-state index is 4.27. The maximum Gasteiger partial charge on any atom is 0.106 e. The van der Waals surface area contributed by atoms with Crippen molar-refractivity contribution in [1.82, 2.24) is 9.55 Å². The molecule has 1 rings (SSSR count). The van der Waals surface area contributed by atoms with Gasteiger partial charge < -0.3 is 4.57 Å². The number of hydrogen-bond acceptors (Lipinski definition) is 1. The number of hydrogen-bond donors (Lipinski definition) is 0. The summed E-state index contributed by atoms with van der Waals surface area (Å²) in [6.07, 6.45) is 3.53. The van der Waals surface area contributed by atoms with Gasteiger partial charge in [0.1, 0.15) is 5.82 Å². The third-order valence-electron chi connectivity index (χ3n) is 1.78. The molecule has 0 spiro atoms. The van der Waals surface area contributed by atoms with Crippen molar-refractivity contribution in [1.29, 1.82) is 0 Å². The van der Waals surface area contributed by atoms with Crippen molar-refractivity contribution in [3.63, 3.8) is 0 Å². The van der Waals surface area contributed by atoms with Gasteiger partial charge >= 0.3 is 0 Å². The highest BCUT2D eigenvalue weighted by Crippen LogP contribution is 2.11. The van der Waals surface area contributed by atoms with E-state index in [9.17, 15) is 0 Å². The maximum atomic E-state index is 4.27. The molecule has 1 aromatic rings. The van der Waals surface area contributed by atoms with Gasteiger partial charge in [0.2, 0.25) is 0 Å². The Morgan fingerprint density at radius 1 is 1.07 bits per heavy atom. The number of nitrogens with zero attached hydrogens (tertiary/aromatic N) is 2. The Morgan fingerprint density at radius 3 is 1.80 bits per heavy atom. The second-order valence-electron chi connectivity index (χ2n) is 2.40. The first kappa shape index (κ1) is 16.1. The molecule has 2 nitrogen and oxygen atoms in total. The Balaban J connectivity index is 0. The fourth-order valence-corrected chi connectivity index (χ4v) is 1.04. The van der Waals surface area contributed by atoms with Crippen molar-refractivity contribution in [3.8, 4) is 0 Å². The van der Waals surface area contributed by atoms with E-state index in [1.165, 1.54) is 0 Å². The van der Waals surface area contributed by atoms with Crippen molar-refractivity contribution in [2.45, 2.75) is 34.6 Å². The number of rotatable bonds is 2. The molecule has 0 aliphatic rings. The van der Waals surface area contributed by atoms with Gasteiger partial charge in [-0.2, -0.15) is 0 Å². The van der Waals surface area contributed by atoms with Crippen molar-refractivity contribution in [2.24, 2.45) is 7.05 Å². The van der Waals surface area contributed by atoms with Crippen LogP contribution in [0.25, 0.3) is 12.2 Å². The summed E-state index contributed by atoms with van der Waals surface area (Å²) < 4.78 is 1.99. The number of aromatic nitrogens is 2. The standard InChI is InChI=1S/C9H12N2.2C2H6/c1-5-8-9(6-2)11(4)7(3)10-8;2*1-2/h5-6H,1-2H2,3-4H3;2*1-2H3. The molecule has 0 fully saturated rings. The Morgan fingerprint density at radius 2 is 1.53 bits per heavy atom. The largest absolute Gasteiger partial charge is 0.331 e. The van der Waals surface area contributed by atoms with Gasteiger partial charge in [0.15, 0.2) is 0 Å². The van der Waals surface area contributed by atoms with Crippen LogP contribution in [0.5, 0.6) is 0 Å². The zero-order chi connectivity index (χ0) is 12.4. The molecule has 0 radical (unpaired) electrons. The molecule has 1 aromatic heterocycles. The van der Waals surface area contributed by atoms with Crippen LogP contribution in [0.1, 0.15) is 44.9 Å². The minimum absolute atomic E-state index is 0.903. The minimum atomic E-state index is 0.903. The van der Waals surface area contributed by atoms with Crippen molar-refractivity contribution in [2.75, 3.05) is 0 Å². The Labute approximate surface area is 94.4 Å². The van der Waals surface area contributed by atoms with Crippen molar-refractivity contribution in [3.05, 3.63) is 30.4 Å². The fraction of sp³-hybridized carbons (Fsp3) is 0.462. The Kier molecular flexibility index (Phi) is 9.95. The molecule has 0 aliphatic heterocycles. The monoisotopic (exact) mass is 208 g/mol. The lowest BCUT2D eigenvalue weighted by molar-refractivity contribution is 0.849. The summed E-state index contributed by atoms with van der Waals surface area (Å²) in [6, 6.07) is 0. The summed E-state index contributed by atoms with van der Waals surface area (Å²) in [5.41, 5.74) is 1.93. The molecule has 0 aliphatic carbocycles. The predicted octanol–water partition coefficient (Wildman–Crippen LogP) is 4.07. The van der Waals surface area contributed by atoms with Gasteiger partial charge in [0, 0.05) is 7.05 Å². The quantitative estimate of drug-likeness (QED) is 0.716. The Hall–Kier alpha value is -1.31. The van der Waals surface area contributed by atoms with E-state index in [2.05, 4.69) is 18.1 Å². The van der Waals surface area contributed by atoms with Gasteiger partial charge in [0.05, 0.1) is 11.4 Å². The number of aryl methyl sites for hydroxylation is 1. The van der Waals surface area contributed by atoms with Gasteiger partial charge in [-0.3, -0.25) is 0 Å². The van der Waals surface area contributed by atoms with Crippen LogP contribution in [0.3, 0.4) is 0 Å². The summed E-state index contributed by atoms with van der Waals surface area (Å²) in [7, 11) is 1.96. The van der Waals surface area contributed by atoms with Crippen LogP contribution in [0.15, 0.2) is 13.2 Å². The highest BCUT2D eigenvalue weighted by molar-refractivity contribution is 5.58. The molecule has 0 saturated carbocycles. The highest BCUT2D eigenvalue weighted by atomic mass is 15.1. The van der Waals surface area contributed by atoms with E-state index in [-0.39, 0.29) is 0 Å². The second-order valence-corrected chi connectivity index (χ2v) is 2.40. The summed E-state index contributed by atoms with van der Waals surface area (Å²) in [6.45, 7) is 17.3. The second kappa shape index (κ2) is 9.25. The van der Waals surface area contributed by atoms with E-state index in [1.54, 1.807) is 12.2 Å². The average Bonchev–Trinajstić information content (AvgIpc) is 2.60. The van der Waals surface area contributed by atoms with Gasteiger partial charge in [-0.25, -0.2) is 4.98 Å². The molecule has 0 unspecified atom stereocenters. The zero-order valence-corrected chi connectivity index (χ0v) is 11.0. The van der Waals surface area contributed by atoms with Crippen LogP contribution in [0.2, 0.25) is 0 Å². The molecule has 0 atom stereocenters. The fourth-order valence-electron chi connectivity index (χ4n) is 1.04. The van der Waals surface area contributed by atoms with Crippen LogP contribution in [-0.2, 0) is 7.05 Å². The molecule has 1 heterocycles. The van der Waals surface area contributed by atoms with Gasteiger partial charge in [-0.05, 0) is 19.1 Å². The van der Waals surface area contributed by atoms with Gasteiger partial charge in [0.25, 0.3) is 0 Å². The Bertz CT molecular complexity index is 296. The molecular weight excluding hydrogens is 184 g/mol. The summed E-state index contributed by atoms with van der Waals surface area (Å²) in [5, 5.41) is 0. The van der Waals surface area contributed by atoms with Crippen LogP contribution in [0.4, 0.5) is 0 Å². The summed E-state index contributed by atoms with van der Waals surface area (Å²) >= 11 is 0. The molecule has 15 heavy (non-hydrogen) atoms. The smallest absolute Gasteiger partial charge is 0.106 e. The molecule has 0 aromatic carbocycles. The molecule has 0 saturated heterocycles. The van der Waals surface area contributed by atoms with Crippen LogP contribution < -0.4 is 0 Å². The van der Waals surface area contributed by atoms with Crippen molar-refractivity contribution >= 4 is 12.2 Å². The van der Waals surface area contributed by atoms with E-state index < -0.39 is 0 Å². The van der Waals surface area contributed by atoms with Crippen LogP contribution in [-0.4, -0.2) is 9.55 Å². The predicted molar refractivity (Wildman–Crippen MR) is 70.8 cm³/mol. The third-order valence-corrected chi connectivity index (χ3v) is 1.78. The lowest BCUT2D eigenvalue weighted by Crippen LogP contribution is -1.93. The molecular formula is C13H24N2. The first-order valence-corrected chi connectivity index (χ1v) is 5.49. The van der Waals surface area contributed by atoms with Gasteiger partial charge in [-0.1, -0.05) is 40.9 Å². The summed E-state index contributed by atoms with van der Waals surface area (Å²) in [4.78, 5) is 4.27. The highest BCUT2D eigenvalue weighted by Gasteiger charge is 2.04. The van der Waals surface area contributed by atoms with E-state index in [1.807, 2.05) is 46.2 Å². The first-order valence-electron chi connectivity index (χ1n) is 5.49. The van der Waals surface area contributed by atoms with E-state index in [0.717, 1.165) is 17.2 Å². The SMILES string of the molecule is C=Cc1nc(C)n(C)c1C=C.CC.CC. The summed E-state index contributed by atoms with van der Waals surface area (Å²) in [5.74, 6) is 0.981. The lowest BCUT2D eigenvalue weighted by atomic mass is 10.3. The van der Waals surface area contributed by atoms with Crippen molar-refractivity contribution < 1.29 is 0 Å². The lowest BCUT2D eigenvalue weighted by Gasteiger charge is -1.96.